The molecule has 0 saturated carbocycles. The molecule has 2 aliphatic heterocycles. The molecule has 0 aromatic carbocycles. The molecular formula is C14H27N3O. The first kappa shape index (κ1) is 13.8. The van der Waals surface area contributed by atoms with Crippen LogP contribution < -0.4 is 5.73 Å². The predicted molar refractivity (Wildman–Crippen MR) is 73.2 cm³/mol. The van der Waals surface area contributed by atoms with Gasteiger partial charge in [0.15, 0.2) is 0 Å². The van der Waals surface area contributed by atoms with Crippen molar-refractivity contribution in [1.82, 2.24) is 9.80 Å². The molecule has 2 heterocycles. The second kappa shape index (κ2) is 6.53. The van der Waals surface area contributed by atoms with Gasteiger partial charge in [0.05, 0.1) is 6.04 Å². The molecule has 2 fully saturated rings. The lowest BCUT2D eigenvalue weighted by atomic mass is 9.99. The molecule has 4 nitrogen and oxygen atoms in total. The van der Waals surface area contributed by atoms with E-state index in [4.69, 9.17) is 5.73 Å². The van der Waals surface area contributed by atoms with Gasteiger partial charge in [-0.1, -0.05) is 13.3 Å². The van der Waals surface area contributed by atoms with Crippen LogP contribution >= 0.6 is 0 Å². The summed E-state index contributed by atoms with van der Waals surface area (Å²) in [7, 11) is 0. The fraction of sp³-hybridized carbons (Fsp3) is 0.929. The van der Waals surface area contributed by atoms with E-state index in [1.165, 1.54) is 32.4 Å². The maximum absolute atomic E-state index is 11.4. The van der Waals surface area contributed by atoms with E-state index in [2.05, 4.69) is 16.7 Å². The minimum absolute atomic E-state index is 0.0116. The number of rotatable bonds is 4. The Bertz CT molecular complexity index is 274. The maximum Gasteiger partial charge on any atom is 0.234 e. The van der Waals surface area contributed by atoms with Crippen LogP contribution in [0.25, 0.3) is 0 Å². The third-order valence-electron chi connectivity index (χ3n) is 4.52. The Labute approximate surface area is 110 Å². The molecule has 4 heteroatoms. The molecule has 0 spiro atoms. The molecule has 1 amide bonds. The molecule has 2 rings (SSSR count). The van der Waals surface area contributed by atoms with Crippen molar-refractivity contribution in [1.29, 1.82) is 0 Å². The van der Waals surface area contributed by atoms with Crippen LogP contribution in [0, 0.1) is 5.92 Å². The van der Waals surface area contributed by atoms with E-state index >= 15 is 0 Å². The normalized spacial score (nSPS) is 28.4. The van der Waals surface area contributed by atoms with Gasteiger partial charge in [0.25, 0.3) is 0 Å². The number of carbonyl (C=O) groups excluding carboxylic acids is 1. The SMILES string of the molecule is CC1CCN(CCN2CCCCC2C(N)=O)CC1. The van der Waals surface area contributed by atoms with Crippen molar-refractivity contribution < 1.29 is 4.79 Å². The summed E-state index contributed by atoms with van der Waals surface area (Å²) in [6.45, 7) is 7.91. The van der Waals surface area contributed by atoms with E-state index in [0.29, 0.717) is 0 Å². The molecule has 2 N–H and O–H groups in total. The average Bonchev–Trinajstić information content (AvgIpc) is 2.38. The fourth-order valence-electron chi connectivity index (χ4n) is 3.14. The van der Waals surface area contributed by atoms with Crippen LogP contribution in [0.3, 0.4) is 0 Å². The minimum atomic E-state index is -0.137. The maximum atomic E-state index is 11.4. The number of piperidine rings is 2. The second-order valence-corrected chi connectivity index (χ2v) is 5.97. The van der Waals surface area contributed by atoms with Gasteiger partial charge in [0, 0.05) is 13.1 Å². The number of nitrogens with zero attached hydrogens (tertiary/aromatic N) is 2. The van der Waals surface area contributed by atoms with Crippen LogP contribution in [0.2, 0.25) is 0 Å². The molecular weight excluding hydrogens is 226 g/mol. The summed E-state index contributed by atoms with van der Waals surface area (Å²) in [6.07, 6.45) is 5.94. The Morgan fingerprint density at radius 2 is 1.83 bits per heavy atom. The number of amides is 1. The van der Waals surface area contributed by atoms with Crippen molar-refractivity contribution in [3.8, 4) is 0 Å². The molecule has 0 aliphatic carbocycles. The van der Waals surface area contributed by atoms with Gasteiger partial charge in [-0.2, -0.15) is 0 Å². The van der Waals surface area contributed by atoms with Crippen LogP contribution in [0.4, 0.5) is 0 Å². The Kier molecular flexibility index (Phi) is 5.01. The summed E-state index contributed by atoms with van der Waals surface area (Å²) in [6, 6.07) is -0.0116. The van der Waals surface area contributed by atoms with E-state index in [9.17, 15) is 4.79 Å². The molecule has 1 unspecified atom stereocenters. The molecule has 104 valence electrons. The van der Waals surface area contributed by atoms with Gasteiger partial charge < -0.3 is 10.6 Å². The van der Waals surface area contributed by atoms with Gasteiger partial charge >= 0.3 is 0 Å². The lowest BCUT2D eigenvalue weighted by Crippen LogP contribution is -2.50. The highest BCUT2D eigenvalue weighted by atomic mass is 16.1. The number of hydrogen-bond donors (Lipinski definition) is 1. The fourth-order valence-corrected chi connectivity index (χ4v) is 3.14. The molecule has 2 saturated heterocycles. The first-order valence-corrected chi connectivity index (χ1v) is 7.42. The van der Waals surface area contributed by atoms with Crippen molar-refractivity contribution in [2.45, 2.75) is 45.1 Å². The summed E-state index contributed by atoms with van der Waals surface area (Å²) < 4.78 is 0. The van der Waals surface area contributed by atoms with Crippen molar-refractivity contribution in [3.05, 3.63) is 0 Å². The summed E-state index contributed by atoms with van der Waals surface area (Å²) >= 11 is 0. The molecule has 2 aliphatic rings. The molecule has 0 aromatic rings. The minimum Gasteiger partial charge on any atom is -0.368 e. The van der Waals surface area contributed by atoms with Crippen LogP contribution in [0.15, 0.2) is 0 Å². The van der Waals surface area contributed by atoms with E-state index in [1.807, 2.05) is 0 Å². The summed E-state index contributed by atoms with van der Waals surface area (Å²) in [4.78, 5) is 16.3. The van der Waals surface area contributed by atoms with Crippen LogP contribution in [-0.2, 0) is 4.79 Å². The van der Waals surface area contributed by atoms with Crippen molar-refractivity contribution in [3.63, 3.8) is 0 Å². The standard InChI is InChI=1S/C14H27N3O/c1-12-5-8-16(9-6-12)10-11-17-7-3-2-4-13(17)14(15)18/h12-13H,2-11H2,1H3,(H2,15,18). The van der Waals surface area contributed by atoms with E-state index < -0.39 is 0 Å². The zero-order valence-corrected chi connectivity index (χ0v) is 11.6. The van der Waals surface area contributed by atoms with Crippen molar-refractivity contribution in [2.24, 2.45) is 11.7 Å². The quantitative estimate of drug-likeness (QED) is 0.815. The Hall–Kier alpha value is -0.610. The van der Waals surface area contributed by atoms with Crippen molar-refractivity contribution in [2.75, 3.05) is 32.7 Å². The third kappa shape index (κ3) is 3.69. The van der Waals surface area contributed by atoms with Gasteiger partial charge in [-0.15, -0.1) is 0 Å². The van der Waals surface area contributed by atoms with Gasteiger partial charge in [0.2, 0.25) is 5.91 Å². The zero-order valence-electron chi connectivity index (χ0n) is 11.6. The molecule has 0 radical (unpaired) electrons. The summed E-state index contributed by atoms with van der Waals surface area (Å²) in [5.41, 5.74) is 5.49. The van der Waals surface area contributed by atoms with Crippen LogP contribution in [0.5, 0.6) is 0 Å². The lowest BCUT2D eigenvalue weighted by Gasteiger charge is -2.36. The second-order valence-electron chi connectivity index (χ2n) is 5.97. The Balaban J connectivity index is 1.75. The molecule has 0 aromatic heterocycles. The Morgan fingerprint density at radius 3 is 2.50 bits per heavy atom. The number of carbonyl (C=O) groups is 1. The third-order valence-corrected chi connectivity index (χ3v) is 4.52. The lowest BCUT2D eigenvalue weighted by molar-refractivity contribution is -0.124. The largest absolute Gasteiger partial charge is 0.368 e. The molecule has 0 bridgehead atoms. The first-order valence-electron chi connectivity index (χ1n) is 7.42. The number of hydrogen-bond acceptors (Lipinski definition) is 3. The summed E-state index contributed by atoms with van der Waals surface area (Å²) in [5, 5.41) is 0. The molecule has 1 atom stereocenters. The van der Waals surface area contributed by atoms with Crippen molar-refractivity contribution >= 4 is 5.91 Å². The number of nitrogens with two attached hydrogens (primary N) is 1. The molecule has 18 heavy (non-hydrogen) atoms. The highest BCUT2D eigenvalue weighted by Crippen LogP contribution is 2.18. The average molecular weight is 253 g/mol. The van der Waals surface area contributed by atoms with E-state index in [0.717, 1.165) is 38.4 Å². The topological polar surface area (TPSA) is 49.6 Å². The van der Waals surface area contributed by atoms with Gasteiger partial charge in [-0.3, -0.25) is 9.69 Å². The highest BCUT2D eigenvalue weighted by molar-refractivity contribution is 5.79. The van der Waals surface area contributed by atoms with Crippen LogP contribution in [-0.4, -0.2) is 54.5 Å². The predicted octanol–water partition coefficient (Wildman–Crippen LogP) is 1.06. The Morgan fingerprint density at radius 1 is 1.11 bits per heavy atom. The number of primary amides is 1. The first-order chi connectivity index (χ1) is 8.66. The number of likely N-dealkylation sites (tertiary alicyclic amines) is 2. The van der Waals surface area contributed by atoms with Gasteiger partial charge in [-0.05, 0) is 51.2 Å². The van der Waals surface area contributed by atoms with Gasteiger partial charge in [-0.25, -0.2) is 0 Å². The summed E-state index contributed by atoms with van der Waals surface area (Å²) in [5.74, 6) is 0.747. The van der Waals surface area contributed by atoms with E-state index in [1.54, 1.807) is 0 Å². The van der Waals surface area contributed by atoms with E-state index in [-0.39, 0.29) is 11.9 Å². The zero-order chi connectivity index (χ0) is 13.0. The van der Waals surface area contributed by atoms with Crippen LogP contribution in [0.1, 0.15) is 39.0 Å². The monoisotopic (exact) mass is 253 g/mol. The van der Waals surface area contributed by atoms with Gasteiger partial charge in [0.1, 0.15) is 0 Å². The smallest absolute Gasteiger partial charge is 0.234 e. The highest BCUT2D eigenvalue weighted by Gasteiger charge is 2.27.